The molecular formula is C24H25Br3N4O8. The van der Waals surface area contributed by atoms with Crippen LogP contribution in [0.15, 0.2) is 41.7 Å². The molecule has 3 heterocycles. The highest BCUT2D eigenvalue weighted by atomic mass is 79.9. The monoisotopic (exact) mass is 734 g/mol. The number of carbonyl (C=O) groups excluding carboxylic acids is 3. The molecule has 210 valence electrons. The van der Waals surface area contributed by atoms with Crippen LogP contribution in [0.2, 0.25) is 0 Å². The number of fused-ring (bicyclic) bond motifs is 2. The third-order valence-electron chi connectivity index (χ3n) is 7.04. The van der Waals surface area contributed by atoms with E-state index in [2.05, 4.69) is 68.7 Å². The number of halogens is 3. The molecule has 5 unspecified atom stereocenters. The summed E-state index contributed by atoms with van der Waals surface area (Å²) in [5, 5.41) is 24.2. The molecule has 0 aromatic rings. The number of nitrogens with one attached hydrogen (secondary N) is 2. The van der Waals surface area contributed by atoms with E-state index in [4.69, 9.17) is 19.1 Å². The lowest BCUT2D eigenvalue weighted by atomic mass is 9.86. The number of unbranched alkanes of at least 4 members (excludes halogenated alkanes) is 2. The Morgan fingerprint density at radius 1 is 1.00 bits per heavy atom. The number of amides is 2. The highest BCUT2D eigenvalue weighted by molar-refractivity contribution is 9.12. The van der Waals surface area contributed by atoms with Gasteiger partial charge in [0.05, 0.1) is 20.6 Å². The third-order valence-corrected chi connectivity index (χ3v) is 9.04. The van der Waals surface area contributed by atoms with Crippen LogP contribution in [-0.2, 0) is 33.5 Å². The summed E-state index contributed by atoms with van der Waals surface area (Å²) >= 11 is 9.96. The van der Waals surface area contributed by atoms with E-state index in [-0.39, 0.29) is 41.9 Å². The van der Waals surface area contributed by atoms with Crippen molar-refractivity contribution in [3.8, 4) is 0 Å². The minimum absolute atomic E-state index is 0.0959. The fraction of sp³-hybridized carbons (Fsp3) is 0.542. The first-order chi connectivity index (χ1) is 18.6. The highest BCUT2D eigenvalue weighted by Crippen LogP contribution is 2.48. The Morgan fingerprint density at radius 3 is 2.18 bits per heavy atom. The van der Waals surface area contributed by atoms with Gasteiger partial charge in [-0.15, -0.1) is 0 Å². The zero-order valence-electron chi connectivity index (χ0n) is 20.7. The molecule has 2 aliphatic carbocycles. The number of hydrogen-bond donors (Lipinski definition) is 3. The molecule has 5 atom stereocenters. The van der Waals surface area contributed by atoms with Crippen LogP contribution in [0.3, 0.4) is 0 Å². The molecule has 1 fully saturated rings. The third kappa shape index (κ3) is 5.35. The van der Waals surface area contributed by atoms with Gasteiger partial charge in [0, 0.05) is 25.9 Å². The number of rotatable bonds is 9. The number of epoxide rings is 1. The van der Waals surface area contributed by atoms with E-state index in [9.17, 15) is 19.5 Å². The summed E-state index contributed by atoms with van der Waals surface area (Å²) in [5.74, 6) is -0.374. The van der Waals surface area contributed by atoms with Crippen molar-refractivity contribution in [3.05, 3.63) is 31.4 Å². The number of ether oxygens (including phenoxy) is 2. The predicted molar refractivity (Wildman–Crippen MR) is 148 cm³/mol. The lowest BCUT2D eigenvalue weighted by Gasteiger charge is -2.33. The van der Waals surface area contributed by atoms with Crippen molar-refractivity contribution in [1.29, 1.82) is 0 Å². The molecule has 39 heavy (non-hydrogen) atoms. The first-order valence-electron chi connectivity index (χ1n) is 12.3. The van der Waals surface area contributed by atoms with E-state index in [0.29, 0.717) is 45.1 Å². The molecule has 1 saturated heterocycles. The lowest BCUT2D eigenvalue weighted by molar-refractivity contribution is -0.116. The summed E-state index contributed by atoms with van der Waals surface area (Å²) in [6, 6.07) is 0. The Morgan fingerprint density at radius 2 is 1.56 bits per heavy atom. The van der Waals surface area contributed by atoms with Crippen molar-refractivity contribution in [1.82, 2.24) is 10.6 Å². The minimum Gasteiger partial charge on any atom is -0.495 e. The number of aliphatic hydroxyl groups excluding tert-OH is 1. The van der Waals surface area contributed by atoms with Gasteiger partial charge in [-0.25, -0.2) is 0 Å². The summed E-state index contributed by atoms with van der Waals surface area (Å²) in [6.07, 6.45) is 3.71. The molecular weight excluding hydrogens is 712 g/mol. The van der Waals surface area contributed by atoms with Crippen LogP contribution in [-0.4, -0.2) is 83.8 Å². The van der Waals surface area contributed by atoms with Crippen LogP contribution in [0.5, 0.6) is 0 Å². The van der Waals surface area contributed by atoms with Crippen molar-refractivity contribution in [3.63, 3.8) is 0 Å². The first kappa shape index (κ1) is 28.5. The van der Waals surface area contributed by atoms with E-state index in [0.717, 1.165) is 6.42 Å². The molecule has 2 amide bonds. The molecule has 3 aliphatic heterocycles. The summed E-state index contributed by atoms with van der Waals surface area (Å²) < 4.78 is 12.1. The number of carbonyl (C=O) groups is 3. The van der Waals surface area contributed by atoms with E-state index >= 15 is 0 Å². The Bertz CT molecular complexity index is 1260. The molecule has 2 spiro atoms. The molecule has 3 N–H and O–H groups in total. The maximum absolute atomic E-state index is 12.6. The summed E-state index contributed by atoms with van der Waals surface area (Å²) in [4.78, 5) is 48.0. The second-order valence-corrected chi connectivity index (χ2v) is 12.3. The van der Waals surface area contributed by atoms with Gasteiger partial charge >= 0.3 is 0 Å². The van der Waals surface area contributed by atoms with E-state index in [1.165, 1.54) is 7.11 Å². The van der Waals surface area contributed by atoms with Crippen LogP contribution in [0.4, 0.5) is 0 Å². The smallest absolute Gasteiger partial charge is 0.269 e. The van der Waals surface area contributed by atoms with Crippen molar-refractivity contribution >= 4 is 76.8 Å². The number of nitrogens with zero attached hydrogens (tertiary/aromatic N) is 2. The maximum atomic E-state index is 12.6. The molecule has 0 aromatic carbocycles. The number of ketones is 1. The Hall–Kier alpha value is -2.07. The van der Waals surface area contributed by atoms with Crippen LogP contribution in [0, 0.1) is 0 Å². The van der Waals surface area contributed by atoms with Gasteiger partial charge in [0.1, 0.15) is 29.4 Å². The Labute approximate surface area is 248 Å². The largest absolute Gasteiger partial charge is 0.495 e. The average molecular weight is 737 g/mol. The highest BCUT2D eigenvalue weighted by Gasteiger charge is 2.65. The normalized spacial score (nSPS) is 32.5. The molecule has 0 bridgehead atoms. The molecule has 5 aliphatic rings. The van der Waals surface area contributed by atoms with Gasteiger partial charge < -0.3 is 34.9 Å². The van der Waals surface area contributed by atoms with E-state index in [1.54, 1.807) is 12.2 Å². The first-order valence-corrected chi connectivity index (χ1v) is 14.6. The van der Waals surface area contributed by atoms with Crippen LogP contribution in [0.1, 0.15) is 32.1 Å². The standard InChI is InChI=1S/C24H25Br3N4O8/c1-36-17-12(26)8-23(19(33)15(17)27)9-13(30-38-23)21(34)28-5-3-2-4-6-29-22(35)14-10-24(39-31-14)7-11(25)16(32)18-20(24)37-18/h7-8,18-20,33H,2-6,9-10H2,1H3,(H,28,34)(H,29,35). The van der Waals surface area contributed by atoms with Gasteiger partial charge in [-0.3, -0.25) is 14.4 Å². The van der Waals surface area contributed by atoms with Crippen molar-refractivity contribution in [2.75, 3.05) is 20.2 Å². The van der Waals surface area contributed by atoms with Gasteiger partial charge in [-0.1, -0.05) is 10.3 Å². The van der Waals surface area contributed by atoms with Gasteiger partial charge in [0.15, 0.2) is 17.3 Å². The van der Waals surface area contributed by atoms with Crippen LogP contribution < -0.4 is 10.6 Å². The Kier molecular flexibility index (Phi) is 8.08. The van der Waals surface area contributed by atoms with Crippen molar-refractivity contribution < 1.29 is 38.6 Å². The summed E-state index contributed by atoms with van der Waals surface area (Å²) in [5.41, 5.74) is -1.68. The van der Waals surface area contributed by atoms with E-state index < -0.39 is 29.5 Å². The number of methoxy groups -OCH3 is 1. The SMILES string of the molecule is COC1=C(Br)C(O)C2(C=C1Br)CC(C(=O)NCCCCCNC(=O)C1=NOC3(C=C(Br)C(=O)C4OC43)C1)=NO2. The summed E-state index contributed by atoms with van der Waals surface area (Å²) in [6.45, 7) is 0.858. The number of aliphatic hydroxyl groups is 1. The number of oxime groups is 2. The fourth-order valence-electron chi connectivity index (χ4n) is 4.86. The lowest BCUT2D eigenvalue weighted by Crippen LogP contribution is -2.45. The van der Waals surface area contributed by atoms with Crippen LogP contribution in [0.25, 0.3) is 0 Å². The zero-order chi connectivity index (χ0) is 27.9. The van der Waals surface area contributed by atoms with E-state index in [1.807, 2.05) is 0 Å². The molecule has 0 saturated carbocycles. The molecule has 5 rings (SSSR count). The second-order valence-electron chi connectivity index (χ2n) is 9.70. The molecule has 0 radical (unpaired) electrons. The molecule has 12 nitrogen and oxygen atoms in total. The number of hydrogen-bond acceptors (Lipinski definition) is 10. The van der Waals surface area contributed by atoms with Crippen molar-refractivity contribution in [2.45, 2.75) is 61.6 Å². The number of allylic oxidation sites excluding steroid dienone is 1. The summed E-state index contributed by atoms with van der Waals surface area (Å²) in [7, 11) is 1.49. The molecule has 0 aromatic heterocycles. The Balaban J connectivity index is 0.982. The maximum Gasteiger partial charge on any atom is 0.269 e. The quantitative estimate of drug-likeness (QED) is 0.239. The topological polar surface area (TPSA) is 160 Å². The van der Waals surface area contributed by atoms with Crippen molar-refractivity contribution in [2.24, 2.45) is 10.3 Å². The minimum atomic E-state index is -1.20. The molecule has 15 heteroatoms. The van der Waals surface area contributed by atoms with Gasteiger partial charge in [-0.2, -0.15) is 0 Å². The second kappa shape index (κ2) is 11.1. The predicted octanol–water partition coefficient (Wildman–Crippen LogP) is 1.95. The average Bonchev–Trinajstić information content (AvgIpc) is 3.46. The van der Waals surface area contributed by atoms with Gasteiger partial charge in [-0.05, 0) is 79.2 Å². The van der Waals surface area contributed by atoms with Gasteiger partial charge in [0.25, 0.3) is 11.8 Å². The van der Waals surface area contributed by atoms with Crippen LogP contribution >= 0.6 is 47.8 Å². The van der Waals surface area contributed by atoms with Gasteiger partial charge in [0.2, 0.25) is 5.78 Å². The number of Topliss-reactive ketones (excluding diaryl/α,β-unsaturated/α-hetero) is 1. The fourth-order valence-corrected chi connectivity index (χ4v) is 7.26. The zero-order valence-corrected chi connectivity index (χ0v) is 25.4.